The molecule has 1 N–H and O–H groups in total. The smallest absolute Gasteiger partial charge is 0.214 e. The molecule has 0 aliphatic heterocycles. The molecule has 0 heterocycles. The molecule has 0 bridgehead atoms. The lowest BCUT2D eigenvalue weighted by Gasteiger charge is -2.03. The number of alkyl halides is 1. The van der Waals surface area contributed by atoms with Crippen LogP contribution in [-0.2, 0) is 10.0 Å². The fourth-order valence-electron chi connectivity index (χ4n) is 1.17. The molecule has 0 aliphatic carbocycles. The van der Waals surface area contributed by atoms with E-state index in [1.165, 1.54) is 25.7 Å². The van der Waals surface area contributed by atoms with Crippen LogP contribution in [0.15, 0.2) is 0 Å². The molecule has 0 rings (SSSR count). The molecular weight excluding hydrogens is 222 g/mol. The molecule has 14 heavy (non-hydrogen) atoms. The van der Waals surface area contributed by atoms with Crippen molar-refractivity contribution in [3.05, 3.63) is 0 Å². The van der Waals surface area contributed by atoms with Crippen molar-refractivity contribution in [1.29, 1.82) is 0 Å². The zero-order valence-electron chi connectivity index (χ0n) is 8.76. The first-order valence-electron chi connectivity index (χ1n) is 5.15. The Hall–Kier alpha value is 0.200. The van der Waals surface area contributed by atoms with E-state index in [1.807, 2.05) is 0 Å². The number of rotatable bonds is 9. The minimum Gasteiger partial charge on any atom is -0.214 e. The topological polar surface area (TPSA) is 46.2 Å². The predicted octanol–water partition coefficient (Wildman–Crippen LogP) is 2.46. The molecule has 0 saturated heterocycles. The van der Waals surface area contributed by atoms with Crippen molar-refractivity contribution in [3.63, 3.8) is 0 Å². The highest BCUT2D eigenvalue weighted by atomic mass is 35.5. The summed E-state index contributed by atoms with van der Waals surface area (Å²) in [4.78, 5) is 0. The van der Waals surface area contributed by atoms with Gasteiger partial charge in [0.15, 0.2) is 0 Å². The lowest BCUT2D eigenvalue weighted by molar-refractivity contribution is 0.571. The summed E-state index contributed by atoms with van der Waals surface area (Å²) < 4.78 is 24.2. The van der Waals surface area contributed by atoms with E-state index in [0.717, 1.165) is 12.8 Å². The minimum atomic E-state index is -3.20. The Morgan fingerprint density at radius 1 is 1.07 bits per heavy atom. The van der Waals surface area contributed by atoms with Crippen LogP contribution in [0.3, 0.4) is 0 Å². The summed E-state index contributed by atoms with van der Waals surface area (Å²) >= 11 is 5.22. The Morgan fingerprint density at radius 2 is 1.64 bits per heavy atom. The van der Waals surface area contributed by atoms with Gasteiger partial charge >= 0.3 is 0 Å². The second kappa shape index (κ2) is 8.50. The Balaban J connectivity index is 3.22. The Morgan fingerprint density at radius 3 is 2.21 bits per heavy atom. The number of unbranched alkanes of at least 4 members (excludes halogenated alkanes) is 5. The Labute approximate surface area is 92.3 Å². The van der Waals surface area contributed by atoms with Crippen LogP contribution in [0.25, 0.3) is 0 Å². The van der Waals surface area contributed by atoms with Gasteiger partial charge in [-0.25, -0.2) is 13.1 Å². The summed E-state index contributed by atoms with van der Waals surface area (Å²) in [6.07, 6.45) is 6.94. The summed E-state index contributed by atoms with van der Waals surface area (Å²) in [5.41, 5.74) is 0. The van der Waals surface area contributed by atoms with Crippen LogP contribution >= 0.6 is 11.6 Å². The van der Waals surface area contributed by atoms with E-state index in [0.29, 0.717) is 6.54 Å². The van der Waals surface area contributed by atoms with E-state index in [4.69, 9.17) is 11.6 Å². The SMILES string of the molecule is CCCCCCCCNS(=O)(=O)CCl. The van der Waals surface area contributed by atoms with Crippen molar-refractivity contribution < 1.29 is 8.42 Å². The zero-order chi connectivity index (χ0) is 10.9. The normalized spacial score (nSPS) is 11.9. The predicted molar refractivity (Wildman–Crippen MR) is 61.0 cm³/mol. The molecule has 0 spiro atoms. The second-order valence-electron chi connectivity index (χ2n) is 3.39. The quantitative estimate of drug-likeness (QED) is 0.498. The van der Waals surface area contributed by atoms with E-state index in [1.54, 1.807) is 0 Å². The average Bonchev–Trinajstić information content (AvgIpc) is 2.16. The highest BCUT2D eigenvalue weighted by molar-refractivity contribution is 7.90. The maximum absolute atomic E-state index is 10.9. The average molecular weight is 242 g/mol. The molecule has 3 nitrogen and oxygen atoms in total. The first-order chi connectivity index (χ1) is 6.62. The van der Waals surface area contributed by atoms with Crippen molar-refractivity contribution in [2.75, 3.05) is 11.8 Å². The fraction of sp³-hybridized carbons (Fsp3) is 1.00. The molecule has 0 aromatic rings. The highest BCUT2D eigenvalue weighted by Gasteiger charge is 2.05. The van der Waals surface area contributed by atoms with Crippen molar-refractivity contribution in [3.8, 4) is 0 Å². The van der Waals surface area contributed by atoms with Crippen LogP contribution in [-0.4, -0.2) is 20.2 Å². The van der Waals surface area contributed by atoms with Crippen LogP contribution in [0.1, 0.15) is 45.4 Å². The Bertz CT molecular complexity index is 217. The van der Waals surface area contributed by atoms with Gasteiger partial charge < -0.3 is 0 Å². The van der Waals surface area contributed by atoms with Crippen molar-refractivity contribution in [2.24, 2.45) is 0 Å². The lowest BCUT2D eigenvalue weighted by Crippen LogP contribution is -2.25. The molecule has 5 heteroatoms. The van der Waals surface area contributed by atoms with Gasteiger partial charge in [0.2, 0.25) is 10.0 Å². The van der Waals surface area contributed by atoms with E-state index in [9.17, 15) is 8.42 Å². The van der Waals surface area contributed by atoms with Gasteiger partial charge in [-0.1, -0.05) is 39.0 Å². The second-order valence-corrected chi connectivity index (χ2v) is 5.78. The van der Waals surface area contributed by atoms with E-state index < -0.39 is 10.0 Å². The first kappa shape index (κ1) is 14.2. The molecule has 0 aromatic heterocycles. The van der Waals surface area contributed by atoms with E-state index in [2.05, 4.69) is 11.6 Å². The number of hydrogen-bond donors (Lipinski definition) is 1. The largest absolute Gasteiger partial charge is 0.225 e. The third-order valence-electron chi connectivity index (χ3n) is 2.00. The van der Waals surface area contributed by atoms with E-state index in [-0.39, 0.29) is 5.21 Å². The number of nitrogens with one attached hydrogen (secondary N) is 1. The van der Waals surface area contributed by atoms with Crippen LogP contribution in [0.2, 0.25) is 0 Å². The Kier molecular flexibility index (Phi) is 8.63. The van der Waals surface area contributed by atoms with Gasteiger partial charge in [-0.15, -0.1) is 11.6 Å². The lowest BCUT2D eigenvalue weighted by atomic mass is 10.1. The van der Waals surface area contributed by atoms with Gasteiger partial charge in [-0.2, -0.15) is 0 Å². The summed E-state index contributed by atoms with van der Waals surface area (Å²) in [6.45, 7) is 2.69. The summed E-state index contributed by atoms with van der Waals surface area (Å²) in [5.74, 6) is 0. The van der Waals surface area contributed by atoms with Crippen LogP contribution < -0.4 is 4.72 Å². The van der Waals surface area contributed by atoms with E-state index >= 15 is 0 Å². The maximum Gasteiger partial charge on any atom is 0.225 e. The molecule has 0 aliphatic rings. The molecular formula is C9H20ClNO2S. The molecule has 0 radical (unpaired) electrons. The molecule has 0 fully saturated rings. The number of hydrogen-bond acceptors (Lipinski definition) is 2. The van der Waals surface area contributed by atoms with Crippen LogP contribution in [0.4, 0.5) is 0 Å². The van der Waals surface area contributed by atoms with Gasteiger partial charge in [-0.3, -0.25) is 0 Å². The fourth-order valence-corrected chi connectivity index (χ4v) is 1.94. The van der Waals surface area contributed by atoms with Gasteiger partial charge in [0.05, 0.1) is 0 Å². The maximum atomic E-state index is 10.9. The third-order valence-corrected chi connectivity index (χ3v) is 3.79. The molecule has 0 aromatic carbocycles. The number of halogens is 1. The molecule has 0 saturated carbocycles. The van der Waals surface area contributed by atoms with Crippen molar-refractivity contribution >= 4 is 21.6 Å². The van der Waals surface area contributed by atoms with Gasteiger partial charge in [-0.05, 0) is 6.42 Å². The zero-order valence-corrected chi connectivity index (χ0v) is 10.3. The van der Waals surface area contributed by atoms with Gasteiger partial charge in [0.1, 0.15) is 5.21 Å². The molecule has 86 valence electrons. The standard InChI is InChI=1S/C9H20ClNO2S/c1-2-3-4-5-6-7-8-11-14(12,13)9-10/h11H,2-9H2,1H3. The number of sulfonamides is 1. The third kappa shape index (κ3) is 8.78. The molecule has 0 atom stereocenters. The summed E-state index contributed by atoms with van der Waals surface area (Å²) in [6, 6.07) is 0. The van der Waals surface area contributed by atoms with Crippen molar-refractivity contribution in [1.82, 2.24) is 4.72 Å². The minimum absolute atomic E-state index is 0.344. The summed E-state index contributed by atoms with van der Waals surface area (Å²) in [7, 11) is -3.20. The molecule has 0 unspecified atom stereocenters. The van der Waals surface area contributed by atoms with Crippen LogP contribution in [0, 0.1) is 0 Å². The van der Waals surface area contributed by atoms with Crippen LogP contribution in [0.5, 0.6) is 0 Å². The van der Waals surface area contributed by atoms with Gasteiger partial charge in [0.25, 0.3) is 0 Å². The summed E-state index contributed by atoms with van der Waals surface area (Å²) in [5, 5.41) is -0.344. The molecule has 0 amide bonds. The van der Waals surface area contributed by atoms with Gasteiger partial charge in [0, 0.05) is 6.54 Å². The monoisotopic (exact) mass is 241 g/mol. The van der Waals surface area contributed by atoms with Crippen molar-refractivity contribution in [2.45, 2.75) is 45.4 Å². The first-order valence-corrected chi connectivity index (χ1v) is 7.34. The highest BCUT2D eigenvalue weighted by Crippen LogP contribution is 2.04.